The standard InChI is InChI=1S/C11H13FN2S2/c1-16-6-2-5-14-10-7-8(12)3-4-9(10)13-11(14)15/h3-4,7H,2,5-6H2,1H3,(H,13,15). The lowest BCUT2D eigenvalue weighted by molar-refractivity contribution is 0.626. The molecule has 5 heteroatoms. The number of thioether (sulfide) groups is 1. The van der Waals surface area contributed by atoms with Gasteiger partial charge in [-0.3, -0.25) is 0 Å². The van der Waals surface area contributed by atoms with Crippen LogP contribution in [0.15, 0.2) is 18.2 Å². The Morgan fingerprint density at radius 1 is 1.50 bits per heavy atom. The zero-order chi connectivity index (χ0) is 11.5. The second-order valence-electron chi connectivity index (χ2n) is 3.59. The summed E-state index contributed by atoms with van der Waals surface area (Å²) in [5, 5.41) is 0. The molecule has 0 fully saturated rings. The van der Waals surface area contributed by atoms with E-state index in [-0.39, 0.29) is 5.82 Å². The number of aromatic nitrogens is 2. The predicted octanol–water partition coefficient (Wildman–Crippen LogP) is 3.59. The summed E-state index contributed by atoms with van der Waals surface area (Å²) in [5.74, 6) is 0.865. The van der Waals surface area contributed by atoms with Crippen molar-refractivity contribution in [3.05, 3.63) is 28.8 Å². The average Bonchev–Trinajstić information content (AvgIpc) is 2.56. The highest BCUT2D eigenvalue weighted by Gasteiger charge is 2.04. The Bertz CT molecular complexity index is 544. The van der Waals surface area contributed by atoms with Gasteiger partial charge in [0.15, 0.2) is 4.77 Å². The first kappa shape index (κ1) is 11.7. The van der Waals surface area contributed by atoms with E-state index < -0.39 is 0 Å². The first-order valence-electron chi connectivity index (χ1n) is 5.09. The first-order valence-corrected chi connectivity index (χ1v) is 6.89. The molecule has 0 saturated heterocycles. The van der Waals surface area contributed by atoms with E-state index >= 15 is 0 Å². The molecule has 1 heterocycles. The minimum Gasteiger partial charge on any atom is -0.331 e. The fraction of sp³-hybridized carbons (Fsp3) is 0.364. The number of halogens is 1. The monoisotopic (exact) mass is 256 g/mol. The number of rotatable bonds is 4. The van der Waals surface area contributed by atoms with Crippen molar-refractivity contribution < 1.29 is 4.39 Å². The van der Waals surface area contributed by atoms with Crippen molar-refractivity contribution >= 4 is 35.0 Å². The topological polar surface area (TPSA) is 20.7 Å². The smallest absolute Gasteiger partial charge is 0.178 e. The number of imidazole rings is 1. The normalized spacial score (nSPS) is 11.1. The van der Waals surface area contributed by atoms with Crippen molar-refractivity contribution in [2.75, 3.05) is 12.0 Å². The highest BCUT2D eigenvalue weighted by molar-refractivity contribution is 7.98. The van der Waals surface area contributed by atoms with E-state index in [2.05, 4.69) is 11.2 Å². The molecule has 2 nitrogen and oxygen atoms in total. The molecule has 2 rings (SSSR count). The number of aryl methyl sites for hydroxylation is 1. The van der Waals surface area contributed by atoms with Crippen molar-refractivity contribution in [2.45, 2.75) is 13.0 Å². The zero-order valence-electron chi connectivity index (χ0n) is 9.00. The Hall–Kier alpha value is -0.810. The van der Waals surface area contributed by atoms with Gasteiger partial charge in [-0.1, -0.05) is 0 Å². The van der Waals surface area contributed by atoms with Gasteiger partial charge < -0.3 is 9.55 Å². The number of hydrogen-bond donors (Lipinski definition) is 1. The number of benzene rings is 1. The SMILES string of the molecule is CSCCCn1c(=S)[nH]c2ccc(F)cc21. The van der Waals surface area contributed by atoms with Crippen LogP contribution in [0, 0.1) is 10.6 Å². The van der Waals surface area contributed by atoms with Crippen molar-refractivity contribution in [1.82, 2.24) is 9.55 Å². The van der Waals surface area contributed by atoms with Crippen LogP contribution in [0.5, 0.6) is 0 Å². The van der Waals surface area contributed by atoms with Crippen LogP contribution in [0.3, 0.4) is 0 Å². The van der Waals surface area contributed by atoms with Crippen LogP contribution in [-0.4, -0.2) is 21.6 Å². The van der Waals surface area contributed by atoms with E-state index in [9.17, 15) is 4.39 Å². The van der Waals surface area contributed by atoms with E-state index in [1.807, 2.05) is 4.57 Å². The van der Waals surface area contributed by atoms with Crippen LogP contribution >= 0.6 is 24.0 Å². The Morgan fingerprint density at radius 2 is 2.31 bits per heavy atom. The number of H-pyrrole nitrogens is 1. The van der Waals surface area contributed by atoms with Gasteiger partial charge in [-0.2, -0.15) is 11.8 Å². The summed E-state index contributed by atoms with van der Waals surface area (Å²) in [5.41, 5.74) is 1.75. The van der Waals surface area contributed by atoms with Crippen molar-refractivity contribution in [3.8, 4) is 0 Å². The maximum absolute atomic E-state index is 13.1. The fourth-order valence-corrected chi connectivity index (χ4v) is 2.43. The first-order chi connectivity index (χ1) is 7.72. The molecule has 0 aliphatic rings. The minimum absolute atomic E-state index is 0.222. The van der Waals surface area contributed by atoms with Crippen LogP contribution in [0.25, 0.3) is 11.0 Å². The Kier molecular flexibility index (Phi) is 3.66. The molecule has 1 N–H and O–H groups in total. The van der Waals surface area contributed by atoms with E-state index in [0.29, 0.717) is 4.77 Å². The number of hydrogen-bond acceptors (Lipinski definition) is 2. The summed E-state index contributed by atoms with van der Waals surface area (Å²) < 4.78 is 15.8. The highest BCUT2D eigenvalue weighted by Crippen LogP contribution is 2.16. The van der Waals surface area contributed by atoms with Gasteiger partial charge in [0.2, 0.25) is 0 Å². The van der Waals surface area contributed by atoms with Gasteiger partial charge in [-0.25, -0.2) is 4.39 Å². The van der Waals surface area contributed by atoms with Crippen molar-refractivity contribution in [1.29, 1.82) is 0 Å². The average molecular weight is 256 g/mol. The van der Waals surface area contributed by atoms with E-state index in [1.165, 1.54) is 12.1 Å². The van der Waals surface area contributed by atoms with Crippen molar-refractivity contribution in [3.63, 3.8) is 0 Å². The number of nitrogens with zero attached hydrogens (tertiary/aromatic N) is 1. The second-order valence-corrected chi connectivity index (χ2v) is 4.96. The summed E-state index contributed by atoms with van der Waals surface area (Å²) >= 11 is 7.03. The molecule has 0 spiro atoms. The van der Waals surface area contributed by atoms with Crippen LogP contribution in [0.4, 0.5) is 4.39 Å². The third-order valence-electron chi connectivity index (χ3n) is 2.47. The molecule has 0 atom stereocenters. The van der Waals surface area contributed by atoms with Crippen molar-refractivity contribution in [2.24, 2.45) is 0 Å². The van der Waals surface area contributed by atoms with Crippen LogP contribution in [0.1, 0.15) is 6.42 Å². The van der Waals surface area contributed by atoms with E-state index in [1.54, 1.807) is 17.8 Å². The molecule has 1 aromatic carbocycles. The van der Waals surface area contributed by atoms with Gasteiger partial charge in [0.05, 0.1) is 11.0 Å². The third-order valence-corrected chi connectivity index (χ3v) is 3.49. The molecular formula is C11H13FN2S2. The highest BCUT2D eigenvalue weighted by atomic mass is 32.2. The second kappa shape index (κ2) is 5.01. The fourth-order valence-electron chi connectivity index (χ4n) is 1.71. The molecule has 0 amide bonds. The summed E-state index contributed by atoms with van der Waals surface area (Å²) in [4.78, 5) is 3.09. The lowest BCUT2D eigenvalue weighted by atomic mass is 10.3. The molecule has 2 aromatic rings. The Balaban J connectivity index is 2.38. The van der Waals surface area contributed by atoms with Gasteiger partial charge >= 0.3 is 0 Å². The van der Waals surface area contributed by atoms with Gasteiger partial charge in [-0.05, 0) is 48.8 Å². The maximum Gasteiger partial charge on any atom is 0.178 e. The molecule has 0 unspecified atom stereocenters. The number of nitrogens with one attached hydrogen (secondary N) is 1. The van der Waals surface area contributed by atoms with Gasteiger partial charge in [0, 0.05) is 6.54 Å². The van der Waals surface area contributed by atoms with Gasteiger partial charge in [0.25, 0.3) is 0 Å². The Labute approximate surface area is 103 Å². The maximum atomic E-state index is 13.1. The molecule has 0 aliphatic heterocycles. The molecule has 16 heavy (non-hydrogen) atoms. The molecule has 0 saturated carbocycles. The summed E-state index contributed by atoms with van der Waals surface area (Å²) in [6.07, 6.45) is 3.12. The molecular weight excluding hydrogens is 243 g/mol. The van der Waals surface area contributed by atoms with E-state index in [4.69, 9.17) is 12.2 Å². The van der Waals surface area contributed by atoms with Crippen LogP contribution in [-0.2, 0) is 6.54 Å². The van der Waals surface area contributed by atoms with Gasteiger partial charge in [0.1, 0.15) is 5.82 Å². The van der Waals surface area contributed by atoms with E-state index in [0.717, 1.165) is 29.8 Å². The van der Waals surface area contributed by atoms with Gasteiger partial charge in [-0.15, -0.1) is 0 Å². The molecule has 1 aromatic heterocycles. The summed E-state index contributed by atoms with van der Waals surface area (Å²) in [6, 6.07) is 4.70. The third kappa shape index (κ3) is 2.30. The number of aromatic amines is 1. The quantitative estimate of drug-likeness (QED) is 0.666. The zero-order valence-corrected chi connectivity index (χ0v) is 10.6. The number of fused-ring (bicyclic) bond motifs is 1. The van der Waals surface area contributed by atoms with Crippen LogP contribution in [0.2, 0.25) is 0 Å². The molecule has 86 valence electrons. The molecule has 0 aliphatic carbocycles. The predicted molar refractivity (Wildman–Crippen MR) is 70.1 cm³/mol. The molecule has 0 bridgehead atoms. The summed E-state index contributed by atoms with van der Waals surface area (Å²) in [7, 11) is 0. The lowest BCUT2D eigenvalue weighted by Crippen LogP contribution is -1.99. The summed E-state index contributed by atoms with van der Waals surface area (Å²) in [6.45, 7) is 0.836. The molecule has 0 radical (unpaired) electrons. The largest absolute Gasteiger partial charge is 0.331 e. The lowest BCUT2D eigenvalue weighted by Gasteiger charge is -2.03. The Morgan fingerprint density at radius 3 is 3.06 bits per heavy atom. The minimum atomic E-state index is -0.222. The van der Waals surface area contributed by atoms with Crippen LogP contribution < -0.4 is 0 Å².